The number of hydrogen-bond acceptors (Lipinski definition) is 4. The highest BCUT2D eigenvalue weighted by atomic mass is 19.1. The lowest BCUT2D eigenvalue weighted by Crippen LogP contribution is -2.10. The van der Waals surface area contributed by atoms with Crippen molar-refractivity contribution in [2.45, 2.75) is 26.1 Å². The van der Waals surface area contributed by atoms with E-state index in [1.54, 1.807) is 60.9 Å². The molecule has 5 nitrogen and oxygen atoms in total. The van der Waals surface area contributed by atoms with E-state index < -0.39 is 12.1 Å². The van der Waals surface area contributed by atoms with E-state index in [0.29, 0.717) is 23.5 Å². The molecule has 1 N–H and O–H groups in total. The molecule has 0 saturated carbocycles. The molecule has 1 aromatic heterocycles. The van der Waals surface area contributed by atoms with Crippen molar-refractivity contribution in [3.05, 3.63) is 83.9 Å². The number of hydrogen-bond donors (Lipinski definition) is 1. The summed E-state index contributed by atoms with van der Waals surface area (Å²) >= 11 is 0. The molecule has 3 rings (SSSR count). The Morgan fingerprint density at radius 1 is 1.17 bits per heavy atom. The summed E-state index contributed by atoms with van der Waals surface area (Å²) in [6.07, 6.45) is 2.67. The Morgan fingerprint density at radius 2 is 1.97 bits per heavy atom. The molecule has 0 aliphatic carbocycles. The van der Waals surface area contributed by atoms with Crippen molar-refractivity contribution < 1.29 is 23.8 Å². The standard InChI is InChI=1S/C23H22FNO4/c1-2-28-22(13-23(26)27)17-6-8-19(9-7-17)29-15-16-5-10-21(24)20(12-16)18-4-3-11-25-14-18/h3-12,14,22H,2,13,15H2,1H3,(H,26,27)/t22-/m0/s1. The predicted molar refractivity (Wildman–Crippen MR) is 107 cm³/mol. The zero-order valence-corrected chi connectivity index (χ0v) is 16.0. The fraction of sp³-hybridized carbons (Fsp3) is 0.217. The van der Waals surface area contributed by atoms with Crippen molar-refractivity contribution in [2.75, 3.05) is 6.61 Å². The molecule has 1 heterocycles. The van der Waals surface area contributed by atoms with Crippen molar-refractivity contribution in [3.8, 4) is 16.9 Å². The number of aromatic nitrogens is 1. The molecule has 29 heavy (non-hydrogen) atoms. The van der Waals surface area contributed by atoms with Crippen molar-refractivity contribution in [3.63, 3.8) is 0 Å². The van der Waals surface area contributed by atoms with Crippen LogP contribution in [-0.4, -0.2) is 22.7 Å². The number of aliphatic carboxylic acids is 1. The van der Waals surface area contributed by atoms with Gasteiger partial charge in [-0.1, -0.05) is 24.3 Å². The first-order chi connectivity index (χ1) is 14.1. The quantitative estimate of drug-likeness (QED) is 0.551. The van der Waals surface area contributed by atoms with Gasteiger partial charge >= 0.3 is 5.97 Å². The highest BCUT2D eigenvalue weighted by Gasteiger charge is 2.15. The first-order valence-electron chi connectivity index (χ1n) is 9.31. The minimum absolute atomic E-state index is 0.0965. The number of carboxylic acid groups (broad SMARTS) is 1. The highest BCUT2D eigenvalue weighted by Crippen LogP contribution is 2.26. The van der Waals surface area contributed by atoms with Gasteiger partial charge in [-0.15, -0.1) is 0 Å². The SMILES string of the molecule is CCO[C@@H](CC(=O)O)c1ccc(OCc2ccc(F)c(-c3cccnc3)c2)cc1. The summed E-state index contributed by atoms with van der Waals surface area (Å²) < 4.78 is 25.5. The van der Waals surface area contributed by atoms with Crippen molar-refractivity contribution in [1.29, 1.82) is 0 Å². The van der Waals surface area contributed by atoms with Crippen LogP contribution in [-0.2, 0) is 16.1 Å². The van der Waals surface area contributed by atoms with Gasteiger partial charge in [0.25, 0.3) is 0 Å². The third kappa shape index (κ3) is 5.62. The minimum Gasteiger partial charge on any atom is -0.489 e. The summed E-state index contributed by atoms with van der Waals surface area (Å²) in [7, 11) is 0. The zero-order chi connectivity index (χ0) is 20.6. The molecule has 6 heteroatoms. The number of pyridine rings is 1. The Labute approximate surface area is 168 Å². The second-order valence-corrected chi connectivity index (χ2v) is 6.46. The molecular weight excluding hydrogens is 373 g/mol. The van der Waals surface area contributed by atoms with Gasteiger partial charge in [0.05, 0.1) is 12.5 Å². The zero-order valence-electron chi connectivity index (χ0n) is 16.0. The van der Waals surface area contributed by atoms with Crippen LogP contribution < -0.4 is 4.74 Å². The summed E-state index contributed by atoms with van der Waals surface area (Å²) in [5.74, 6) is -0.595. The van der Waals surface area contributed by atoms with Crippen LogP contribution in [0.1, 0.15) is 30.6 Å². The van der Waals surface area contributed by atoms with E-state index in [1.807, 2.05) is 6.92 Å². The molecule has 0 fully saturated rings. The number of carbonyl (C=O) groups is 1. The summed E-state index contributed by atoms with van der Waals surface area (Å²) in [5.41, 5.74) is 2.79. The maximum absolute atomic E-state index is 14.2. The number of rotatable bonds is 9. The topological polar surface area (TPSA) is 68.7 Å². The molecule has 0 saturated heterocycles. The second kappa shape index (κ2) is 9.80. The summed E-state index contributed by atoms with van der Waals surface area (Å²) in [6.45, 7) is 2.53. The normalized spacial score (nSPS) is 11.8. The first-order valence-corrected chi connectivity index (χ1v) is 9.31. The fourth-order valence-electron chi connectivity index (χ4n) is 2.98. The summed E-state index contributed by atoms with van der Waals surface area (Å²) in [6, 6.07) is 15.6. The third-order valence-electron chi connectivity index (χ3n) is 4.39. The third-order valence-corrected chi connectivity index (χ3v) is 4.39. The van der Waals surface area contributed by atoms with Gasteiger partial charge in [-0.25, -0.2) is 4.39 Å². The lowest BCUT2D eigenvalue weighted by molar-refractivity contribution is -0.140. The van der Waals surface area contributed by atoms with E-state index in [2.05, 4.69) is 4.98 Å². The van der Waals surface area contributed by atoms with Crippen LogP contribution in [0, 0.1) is 5.82 Å². The monoisotopic (exact) mass is 395 g/mol. The van der Waals surface area contributed by atoms with E-state index in [9.17, 15) is 9.18 Å². The molecule has 2 aromatic carbocycles. The average molecular weight is 395 g/mol. The van der Waals surface area contributed by atoms with E-state index in [1.165, 1.54) is 6.07 Å². The lowest BCUT2D eigenvalue weighted by atomic mass is 10.0. The average Bonchev–Trinajstić information content (AvgIpc) is 2.73. The second-order valence-electron chi connectivity index (χ2n) is 6.46. The van der Waals surface area contributed by atoms with Gasteiger partial charge in [-0.2, -0.15) is 0 Å². The van der Waals surface area contributed by atoms with Crippen LogP contribution in [0.3, 0.4) is 0 Å². The summed E-state index contributed by atoms with van der Waals surface area (Å²) in [5, 5.41) is 9.03. The largest absolute Gasteiger partial charge is 0.489 e. The molecule has 0 aliphatic heterocycles. The van der Waals surface area contributed by atoms with E-state index >= 15 is 0 Å². The van der Waals surface area contributed by atoms with Crippen molar-refractivity contribution in [1.82, 2.24) is 4.98 Å². The molecule has 0 aliphatic rings. The van der Waals surface area contributed by atoms with Gasteiger partial charge in [-0.05, 0) is 48.4 Å². The Bertz CT molecular complexity index is 945. The summed E-state index contributed by atoms with van der Waals surface area (Å²) in [4.78, 5) is 15.0. The molecule has 0 bridgehead atoms. The van der Waals surface area contributed by atoms with Gasteiger partial charge in [-0.3, -0.25) is 9.78 Å². The molecule has 150 valence electrons. The number of benzene rings is 2. The van der Waals surface area contributed by atoms with Crippen LogP contribution in [0.25, 0.3) is 11.1 Å². The van der Waals surface area contributed by atoms with Crippen LogP contribution in [0.2, 0.25) is 0 Å². The van der Waals surface area contributed by atoms with E-state index in [0.717, 1.165) is 11.1 Å². The molecule has 0 unspecified atom stereocenters. The van der Waals surface area contributed by atoms with Crippen LogP contribution in [0.15, 0.2) is 67.0 Å². The van der Waals surface area contributed by atoms with Crippen molar-refractivity contribution in [2.24, 2.45) is 0 Å². The highest BCUT2D eigenvalue weighted by molar-refractivity contribution is 5.67. The smallest absolute Gasteiger partial charge is 0.306 e. The van der Waals surface area contributed by atoms with Gasteiger partial charge in [0.15, 0.2) is 0 Å². The van der Waals surface area contributed by atoms with Gasteiger partial charge in [0.1, 0.15) is 18.2 Å². The van der Waals surface area contributed by atoms with Crippen molar-refractivity contribution >= 4 is 5.97 Å². The van der Waals surface area contributed by atoms with Crippen LogP contribution in [0.5, 0.6) is 5.75 Å². The Kier molecular flexibility index (Phi) is 6.92. The number of halogens is 1. The Hall–Kier alpha value is -3.25. The van der Waals surface area contributed by atoms with E-state index in [-0.39, 0.29) is 18.8 Å². The predicted octanol–water partition coefficient (Wildman–Crippen LogP) is 5.02. The van der Waals surface area contributed by atoms with E-state index in [4.69, 9.17) is 14.6 Å². The minimum atomic E-state index is -0.912. The molecule has 0 spiro atoms. The maximum Gasteiger partial charge on any atom is 0.306 e. The molecular formula is C23H22FNO4. The molecule has 0 amide bonds. The lowest BCUT2D eigenvalue weighted by Gasteiger charge is -2.16. The number of carboxylic acids is 1. The van der Waals surface area contributed by atoms with Gasteiger partial charge in [0.2, 0.25) is 0 Å². The Morgan fingerprint density at radius 3 is 2.62 bits per heavy atom. The number of nitrogens with zero attached hydrogens (tertiary/aromatic N) is 1. The Balaban J connectivity index is 1.68. The van der Waals surface area contributed by atoms with Gasteiger partial charge < -0.3 is 14.6 Å². The van der Waals surface area contributed by atoms with Crippen LogP contribution in [0.4, 0.5) is 4.39 Å². The van der Waals surface area contributed by atoms with Crippen LogP contribution >= 0.6 is 0 Å². The molecule has 3 aromatic rings. The molecule has 1 atom stereocenters. The maximum atomic E-state index is 14.2. The number of ether oxygens (including phenoxy) is 2. The fourth-order valence-corrected chi connectivity index (χ4v) is 2.98. The van der Waals surface area contributed by atoms with Gasteiger partial charge in [0, 0.05) is 30.1 Å². The first kappa shape index (κ1) is 20.5. The molecule has 0 radical (unpaired) electrons.